The highest BCUT2D eigenvalue weighted by atomic mass is 16.6. The summed E-state index contributed by atoms with van der Waals surface area (Å²) in [5.74, 6) is 0. The smallest absolute Gasteiger partial charge is 0.0945 e. The van der Waals surface area contributed by atoms with Crippen LogP contribution in [-0.4, -0.2) is 50.8 Å². The van der Waals surface area contributed by atoms with Gasteiger partial charge in [-0.15, -0.1) is 0 Å². The summed E-state index contributed by atoms with van der Waals surface area (Å²) in [6.07, 6.45) is 10.8. The van der Waals surface area contributed by atoms with Crippen LogP contribution in [0, 0.1) is 0 Å². The van der Waals surface area contributed by atoms with Crippen molar-refractivity contribution < 1.29 is 9.47 Å². The summed E-state index contributed by atoms with van der Waals surface area (Å²) in [5.41, 5.74) is 2.40. The van der Waals surface area contributed by atoms with Gasteiger partial charge in [0.1, 0.15) is 0 Å². The van der Waals surface area contributed by atoms with Crippen molar-refractivity contribution in [3.8, 4) is 0 Å². The van der Waals surface area contributed by atoms with E-state index in [1.807, 2.05) is 24.8 Å². The molecule has 0 N–H and O–H groups in total. The van der Waals surface area contributed by atoms with Crippen LogP contribution in [0.2, 0.25) is 0 Å². The van der Waals surface area contributed by atoms with Crippen molar-refractivity contribution in [3.05, 3.63) is 48.3 Å². The van der Waals surface area contributed by atoms with Crippen LogP contribution in [-0.2, 0) is 29.7 Å². The first-order chi connectivity index (χ1) is 12.2. The summed E-state index contributed by atoms with van der Waals surface area (Å²) >= 11 is 0. The molecule has 2 aromatic rings. The van der Waals surface area contributed by atoms with Crippen molar-refractivity contribution in [1.29, 1.82) is 0 Å². The first kappa shape index (κ1) is 16.7. The minimum atomic E-state index is 0.0164. The molecule has 0 aliphatic carbocycles. The summed E-state index contributed by atoms with van der Waals surface area (Å²) in [6, 6.07) is 4.00. The largest absolute Gasteiger partial charge is 0.372 e. The second kappa shape index (κ2) is 7.23. The molecular weight excluding hydrogens is 316 g/mol. The predicted octanol–water partition coefficient (Wildman–Crippen LogP) is 2.16. The number of piperidine rings is 1. The topological polar surface area (TPSA) is 52.4 Å². The van der Waals surface area contributed by atoms with E-state index in [4.69, 9.17) is 9.47 Å². The zero-order valence-corrected chi connectivity index (χ0v) is 14.8. The Bertz CT molecular complexity index is 680. The van der Waals surface area contributed by atoms with E-state index in [2.05, 4.69) is 32.5 Å². The van der Waals surface area contributed by atoms with Crippen molar-refractivity contribution in [2.24, 2.45) is 7.05 Å². The van der Waals surface area contributed by atoms with Gasteiger partial charge in [0.25, 0.3) is 0 Å². The molecule has 2 aromatic heterocycles. The number of ether oxygens (including phenoxy) is 2. The van der Waals surface area contributed by atoms with Crippen molar-refractivity contribution in [1.82, 2.24) is 19.4 Å². The molecule has 25 heavy (non-hydrogen) atoms. The SMILES string of the molecule is Cn1cncc1CN1CCC2(CC1)C[C@@H](OCc1cccnc1)CO2. The molecule has 1 atom stereocenters. The van der Waals surface area contributed by atoms with Gasteiger partial charge in [0.15, 0.2) is 0 Å². The van der Waals surface area contributed by atoms with Crippen molar-refractivity contribution in [3.63, 3.8) is 0 Å². The van der Waals surface area contributed by atoms with Gasteiger partial charge in [-0.3, -0.25) is 9.88 Å². The van der Waals surface area contributed by atoms with Gasteiger partial charge >= 0.3 is 0 Å². The van der Waals surface area contributed by atoms with E-state index < -0.39 is 0 Å². The number of aromatic nitrogens is 3. The lowest BCUT2D eigenvalue weighted by molar-refractivity contribution is -0.0471. The lowest BCUT2D eigenvalue weighted by atomic mass is 9.88. The molecule has 2 aliphatic heterocycles. The van der Waals surface area contributed by atoms with E-state index in [0.29, 0.717) is 13.2 Å². The molecule has 2 fully saturated rings. The number of pyridine rings is 1. The Morgan fingerprint density at radius 2 is 2.16 bits per heavy atom. The van der Waals surface area contributed by atoms with E-state index in [1.165, 1.54) is 5.69 Å². The fraction of sp³-hybridized carbons (Fsp3) is 0.579. The minimum Gasteiger partial charge on any atom is -0.372 e. The molecule has 0 aromatic carbocycles. The quantitative estimate of drug-likeness (QED) is 0.833. The van der Waals surface area contributed by atoms with Crippen molar-refractivity contribution in [2.75, 3.05) is 19.7 Å². The summed E-state index contributed by atoms with van der Waals surface area (Å²) in [4.78, 5) is 10.8. The zero-order valence-electron chi connectivity index (χ0n) is 14.8. The van der Waals surface area contributed by atoms with Gasteiger partial charge in [-0.25, -0.2) is 4.98 Å². The Balaban J connectivity index is 1.25. The average molecular weight is 342 g/mol. The summed E-state index contributed by atoms with van der Waals surface area (Å²) in [5, 5.41) is 0. The predicted molar refractivity (Wildman–Crippen MR) is 93.8 cm³/mol. The van der Waals surface area contributed by atoms with Gasteiger partial charge in [0.05, 0.1) is 36.9 Å². The molecule has 0 radical (unpaired) electrons. The van der Waals surface area contributed by atoms with Crippen LogP contribution in [0.3, 0.4) is 0 Å². The van der Waals surface area contributed by atoms with Crippen LogP contribution in [0.4, 0.5) is 0 Å². The molecule has 0 bridgehead atoms. The van der Waals surface area contributed by atoms with Crippen LogP contribution in [0.25, 0.3) is 0 Å². The number of aryl methyl sites for hydroxylation is 1. The van der Waals surface area contributed by atoms with Crippen molar-refractivity contribution in [2.45, 2.75) is 44.1 Å². The Morgan fingerprint density at radius 3 is 2.88 bits per heavy atom. The number of rotatable bonds is 5. The van der Waals surface area contributed by atoms with Crippen LogP contribution >= 0.6 is 0 Å². The summed E-state index contributed by atoms with van der Waals surface area (Å²) in [6.45, 7) is 4.43. The van der Waals surface area contributed by atoms with Gasteiger partial charge in [-0.05, 0) is 24.5 Å². The molecule has 6 heteroatoms. The molecule has 2 saturated heterocycles. The standard InChI is InChI=1S/C19H26N4O2/c1-22-15-21-11-17(22)12-23-7-4-19(5-8-23)9-18(14-25-19)24-13-16-3-2-6-20-10-16/h2-3,6,10-11,15,18H,4-5,7-9,12-14H2,1H3/t18-/m1/s1. The fourth-order valence-electron chi connectivity index (χ4n) is 3.84. The highest BCUT2D eigenvalue weighted by Gasteiger charge is 2.43. The second-order valence-electron chi connectivity index (χ2n) is 7.26. The monoisotopic (exact) mass is 342 g/mol. The van der Waals surface area contributed by atoms with Gasteiger partial charge in [0, 0.05) is 51.7 Å². The van der Waals surface area contributed by atoms with E-state index in [0.717, 1.165) is 44.5 Å². The van der Waals surface area contributed by atoms with Crippen LogP contribution in [0.1, 0.15) is 30.5 Å². The first-order valence-corrected chi connectivity index (χ1v) is 9.04. The molecular formula is C19H26N4O2. The molecule has 1 spiro atoms. The van der Waals surface area contributed by atoms with Crippen LogP contribution in [0.15, 0.2) is 37.1 Å². The molecule has 2 aliphatic rings. The molecule has 0 amide bonds. The van der Waals surface area contributed by atoms with E-state index >= 15 is 0 Å². The van der Waals surface area contributed by atoms with Crippen molar-refractivity contribution >= 4 is 0 Å². The summed E-state index contributed by atoms with van der Waals surface area (Å²) < 4.78 is 14.4. The Labute approximate surface area is 148 Å². The van der Waals surface area contributed by atoms with E-state index in [-0.39, 0.29) is 11.7 Å². The number of likely N-dealkylation sites (tertiary alicyclic amines) is 1. The second-order valence-corrected chi connectivity index (χ2v) is 7.26. The lowest BCUT2D eigenvalue weighted by Gasteiger charge is -2.38. The highest BCUT2D eigenvalue weighted by molar-refractivity contribution is 5.07. The third-order valence-electron chi connectivity index (χ3n) is 5.45. The van der Waals surface area contributed by atoms with Crippen LogP contribution in [0.5, 0.6) is 0 Å². The molecule has 6 nitrogen and oxygen atoms in total. The number of hydrogen-bond acceptors (Lipinski definition) is 5. The maximum absolute atomic E-state index is 6.20. The maximum atomic E-state index is 6.20. The lowest BCUT2D eigenvalue weighted by Crippen LogP contribution is -2.44. The van der Waals surface area contributed by atoms with Gasteiger partial charge < -0.3 is 14.0 Å². The molecule has 0 unspecified atom stereocenters. The third-order valence-corrected chi connectivity index (χ3v) is 5.45. The third kappa shape index (κ3) is 3.92. The maximum Gasteiger partial charge on any atom is 0.0945 e. The zero-order chi connectivity index (χ0) is 17.1. The molecule has 4 rings (SSSR count). The molecule has 0 saturated carbocycles. The Morgan fingerprint density at radius 1 is 1.28 bits per heavy atom. The first-order valence-electron chi connectivity index (χ1n) is 9.04. The average Bonchev–Trinajstić information content (AvgIpc) is 3.23. The van der Waals surface area contributed by atoms with Gasteiger partial charge in [-0.2, -0.15) is 0 Å². The number of hydrogen-bond donors (Lipinski definition) is 0. The Kier molecular flexibility index (Phi) is 4.83. The molecule has 134 valence electrons. The fourth-order valence-corrected chi connectivity index (χ4v) is 3.84. The summed E-state index contributed by atoms with van der Waals surface area (Å²) in [7, 11) is 2.05. The minimum absolute atomic E-state index is 0.0164. The van der Waals surface area contributed by atoms with Gasteiger partial charge in [-0.1, -0.05) is 6.07 Å². The van der Waals surface area contributed by atoms with Crippen LogP contribution < -0.4 is 0 Å². The Hall–Kier alpha value is -1.76. The van der Waals surface area contributed by atoms with E-state index in [1.54, 1.807) is 6.20 Å². The molecule has 4 heterocycles. The van der Waals surface area contributed by atoms with Gasteiger partial charge in [0.2, 0.25) is 0 Å². The normalized spacial score (nSPS) is 23.3. The van der Waals surface area contributed by atoms with E-state index in [9.17, 15) is 0 Å². The number of imidazole rings is 1. The number of nitrogens with zero attached hydrogens (tertiary/aromatic N) is 4. The highest BCUT2D eigenvalue weighted by Crippen LogP contribution is 2.37.